The van der Waals surface area contributed by atoms with E-state index in [-0.39, 0.29) is 18.0 Å². The van der Waals surface area contributed by atoms with Crippen LogP contribution in [0.3, 0.4) is 0 Å². The first kappa shape index (κ1) is 19.2. The quantitative estimate of drug-likeness (QED) is 0.887. The summed E-state index contributed by atoms with van der Waals surface area (Å²) in [5.41, 5.74) is 3.60. The van der Waals surface area contributed by atoms with E-state index < -0.39 is 0 Å². The maximum absolute atomic E-state index is 12.3. The Bertz CT molecular complexity index is 610. The fourth-order valence-corrected chi connectivity index (χ4v) is 2.91. The molecule has 1 aromatic carbocycles. The highest BCUT2D eigenvalue weighted by Gasteiger charge is 2.23. The summed E-state index contributed by atoms with van der Waals surface area (Å²) in [6, 6.07) is 6.25. The van der Waals surface area contributed by atoms with Gasteiger partial charge in [0.05, 0.1) is 19.2 Å². The molecule has 0 radical (unpaired) electrons. The molecule has 0 spiro atoms. The molecule has 1 saturated heterocycles. The number of aryl methyl sites for hydroxylation is 2. The van der Waals surface area contributed by atoms with Crippen LogP contribution in [0.15, 0.2) is 18.2 Å². The van der Waals surface area contributed by atoms with Gasteiger partial charge in [0.1, 0.15) is 0 Å². The number of amides is 2. The number of carbonyl (C=O) groups excluding carboxylic acids is 2. The minimum Gasteiger partial charge on any atom is -0.450 e. The molecule has 1 atom stereocenters. The van der Waals surface area contributed by atoms with Gasteiger partial charge in [-0.15, -0.1) is 0 Å². The van der Waals surface area contributed by atoms with Crippen molar-refractivity contribution < 1.29 is 14.3 Å². The predicted molar refractivity (Wildman–Crippen MR) is 97.5 cm³/mol. The van der Waals surface area contributed by atoms with Crippen molar-refractivity contribution >= 4 is 12.0 Å². The van der Waals surface area contributed by atoms with Crippen molar-refractivity contribution in [1.82, 2.24) is 15.1 Å². The Kier molecular flexibility index (Phi) is 6.82. The van der Waals surface area contributed by atoms with Crippen molar-refractivity contribution in [3.8, 4) is 0 Å². The fourth-order valence-electron chi connectivity index (χ4n) is 2.91. The first-order valence-corrected chi connectivity index (χ1v) is 8.91. The maximum atomic E-state index is 12.3. The third-order valence-corrected chi connectivity index (χ3v) is 4.67. The van der Waals surface area contributed by atoms with Crippen molar-refractivity contribution in [2.24, 2.45) is 0 Å². The average molecular weight is 347 g/mol. The molecule has 0 aromatic heterocycles. The molecule has 1 fully saturated rings. The van der Waals surface area contributed by atoms with Crippen molar-refractivity contribution in [1.29, 1.82) is 0 Å². The summed E-state index contributed by atoms with van der Waals surface area (Å²) in [4.78, 5) is 27.8. The lowest BCUT2D eigenvalue weighted by molar-refractivity contribution is -0.123. The summed E-state index contributed by atoms with van der Waals surface area (Å²) in [5, 5.41) is 3.06. The topological polar surface area (TPSA) is 61.9 Å². The highest BCUT2D eigenvalue weighted by Crippen LogP contribution is 2.16. The molecule has 1 N–H and O–H groups in total. The molecule has 138 valence electrons. The van der Waals surface area contributed by atoms with Crippen molar-refractivity contribution in [2.45, 2.75) is 33.7 Å². The standard InChI is InChI=1S/C19H29N3O3/c1-5-25-19(24)22-10-8-21(9-11-22)13-18(23)20-16(4)17-7-6-14(2)15(3)12-17/h6-7,12,16H,5,8-11,13H2,1-4H3,(H,20,23)/t16-/m1/s1. The highest BCUT2D eigenvalue weighted by molar-refractivity contribution is 5.78. The highest BCUT2D eigenvalue weighted by atomic mass is 16.6. The molecule has 1 aliphatic rings. The number of hydrogen-bond donors (Lipinski definition) is 1. The van der Waals surface area contributed by atoms with Crippen LogP contribution >= 0.6 is 0 Å². The molecule has 2 rings (SSSR count). The molecule has 25 heavy (non-hydrogen) atoms. The van der Waals surface area contributed by atoms with E-state index in [2.05, 4.69) is 42.3 Å². The summed E-state index contributed by atoms with van der Waals surface area (Å²) in [6.45, 7) is 11.3. The van der Waals surface area contributed by atoms with Gasteiger partial charge in [0.25, 0.3) is 0 Å². The molecule has 0 bridgehead atoms. The molecule has 1 aromatic rings. The first-order valence-electron chi connectivity index (χ1n) is 8.91. The fraction of sp³-hybridized carbons (Fsp3) is 0.579. The molecule has 1 heterocycles. The van der Waals surface area contributed by atoms with Gasteiger partial charge < -0.3 is 15.0 Å². The SMILES string of the molecule is CCOC(=O)N1CCN(CC(=O)N[C@H](C)c2ccc(C)c(C)c2)CC1. The Morgan fingerprint density at radius 3 is 2.44 bits per heavy atom. The Morgan fingerprint density at radius 1 is 1.16 bits per heavy atom. The second kappa shape index (κ2) is 8.85. The number of rotatable bonds is 5. The van der Waals surface area contributed by atoms with Gasteiger partial charge in [-0.3, -0.25) is 9.69 Å². The van der Waals surface area contributed by atoms with E-state index >= 15 is 0 Å². The Morgan fingerprint density at radius 2 is 1.84 bits per heavy atom. The average Bonchev–Trinajstić information content (AvgIpc) is 2.58. The summed E-state index contributed by atoms with van der Waals surface area (Å²) in [6.07, 6.45) is -0.269. The minimum absolute atomic E-state index is 0.00955. The van der Waals surface area contributed by atoms with Crippen LogP contribution in [0, 0.1) is 13.8 Å². The summed E-state index contributed by atoms with van der Waals surface area (Å²) >= 11 is 0. The van der Waals surface area contributed by atoms with Crippen LogP contribution in [-0.4, -0.2) is 61.1 Å². The molecule has 0 saturated carbocycles. The van der Waals surface area contributed by atoms with Crippen molar-refractivity contribution in [3.63, 3.8) is 0 Å². The monoisotopic (exact) mass is 347 g/mol. The molecular weight excluding hydrogens is 318 g/mol. The zero-order chi connectivity index (χ0) is 18.4. The molecule has 0 aliphatic carbocycles. The maximum Gasteiger partial charge on any atom is 0.409 e. The van der Waals surface area contributed by atoms with Gasteiger partial charge in [-0.1, -0.05) is 18.2 Å². The van der Waals surface area contributed by atoms with Gasteiger partial charge in [-0.05, 0) is 44.4 Å². The van der Waals surface area contributed by atoms with Gasteiger partial charge in [-0.25, -0.2) is 4.79 Å². The van der Waals surface area contributed by atoms with Crippen LogP contribution in [0.4, 0.5) is 4.79 Å². The largest absolute Gasteiger partial charge is 0.450 e. The van der Waals surface area contributed by atoms with Crippen LogP contribution < -0.4 is 5.32 Å². The van der Waals surface area contributed by atoms with Crippen molar-refractivity contribution in [2.75, 3.05) is 39.3 Å². The lowest BCUT2D eigenvalue weighted by Crippen LogP contribution is -2.51. The lowest BCUT2D eigenvalue weighted by Gasteiger charge is -2.33. The Labute approximate surface area is 150 Å². The Hall–Kier alpha value is -2.08. The van der Waals surface area contributed by atoms with Gasteiger partial charge in [0.2, 0.25) is 5.91 Å². The zero-order valence-electron chi connectivity index (χ0n) is 15.7. The minimum atomic E-state index is -0.269. The molecule has 1 aliphatic heterocycles. The number of benzene rings is 1. The summed E-state index contributed by atoms with van der Waals surface area (Å²) in [7, 11) is 0. The number of piperazine rings is 1. The summed E-state index contributed by atoms with van der Waals surface area (Å²) in [5.74, 6) is 0.00955. The number of nitrogens with zero attached hydrogens (tertiary/aromatic N) is 2. The van der Waals surface area contributed by atoms with Gasteiger partial charge in [0, 0.05) is 26.2 Å². The molecule has 0 unspecified atom stereocenters. The van der Waals surface area contributed by atoms with E-state index in [0.29, 0.717) is 39.3 Å². The first-order chi connectivity index (χ1) is 11.9. The molecule has 6 heteroatoms. The van der Waals surface area contributed by atoms with E-state index in [9.17, 15) is 9.59 Å². The number of nitrogens with one attached hydrogen (secondary N) is 1. The smallest absolute Gasteiger partial charge is 0.409 e. The number of hydrogen-bond acceptors (Lipinski definition) is 4. The number of carbonyl (C=O) groups is 2. The van der Waals surface area contributed by atoms with E-state index in [0.717, 1.165) is 5.56 Å². The van der Waals surface area contributed by atoms with Crippen LogP contribution in [0.2, 0.25) is 0 Å². The van der Waals surface area contributed by atoms with E-state index in [1.54, 1.807) is 11.8 Å². The van der Waals surface area contributed by atoms with Crippen LogP contribution in [0.1, 0.15) is 36.6 Å². The Balaban J connectivity index is 1.79. The second-order valence-corrected chi connectivity index (χ2v) is 6.60. The summed E-state index contributed by atoms with van der Waals surface area (Å²) < 4.78 is 5.01. The number of ether oxygens (including phenoxy) is 1. The van der Waals surface area contributed by atoms with Crippen LogP contribution in [0.5, 0.6) is 0 Å². The van der Waals surface area contributed by atoms with E-state index in [4.69, 9.17) is 4.74 Å². The third kappa shape index (κ3) is 5.46. The molecule has 2 amide bonds. The van der Waals surface area contributed by atoms with Gasteiger partial charge in [-0.2, -0.15) is 0 Å². The normalized spacial score (nSPS) is 16.4. The zero-order valence-corrected chi connectivity index (χ0v) is 15.7. The van der Waals surface area contributed by atoms with E-state index in [1.807, 2.05) is 6.92 Å². The van der Waals surface area contributed by atoms with E-state index in [1.165, 1.54) is 11.1 Å². The molecular formula is C19H29N3O3. The molecule has 6 nitrogen and oxygen atoms in total. The van der Waals surface area contributed by atoms with Gasteiger partial charge >= 0.3 is 6.09 Å². The van der Waals surface area contributed by atoms with Crippen LogP contribution in [0.25, 0.3) is 0 Å². The lowest BCUT2D eigenvalue weighted by atomic mass is 10.0. The predicted octanol–water partition coefficient (Wildman–Crippen LogP) is 2.25. The van der Waals surface area contributed by atoms with Gasteiger partial charge in [0.15, 0.2) is 0 Å². The second-order valence-electron chi connectivity index (χ2n) is 6.60. The third-order valence-electron chi connectivity index (χ3n) is 4.67. The van der Waals surface area contributed by atoms with Crippen LogP contribution in [-0.2, 0) is 9.53 Å². The van der Waals surface area contributed by atoms with Crippen molar-refractivity contribution in [3.05, 3.63) is 34.9 Å².